The molecule has 170 valence electrons. The molecule has 2 heterocycles. The second-order valence-corrected chi connectivity index (χ2v) is 6.98. The van der Waals surface area contributed by atoms with Crippen LogP contribution in [0.25, 0.3) is 5.69 Å². The van der Waals surface area contributed by atoms with E-state index < -0.39 is 0 Å². The molecule has 1 saturated heterocycles. The van der Waals surface area contributed by atoms with Crippen molar-refractivity contribution >= 4 is 36.0 Å². The summed E-state index contributed by atoms with van der Waals surface area (Å²) in [4.78, 5) is 17.9. The molecule has 9 nitrogen and oxygen atoms in total. The number of aromatic nitrogens is 2. The molecule has 0 radical (unpaired) electrons. The van der Waals surface area contributed by atoms with Crippen LogP contribution in [0.2, 0.25) is 0 Å². The van der Waals surface area contributed by atoms with Crippen LogP contribution in [0.4, 0.5) is 4.79 Å². The number of carbonyl (C=O) groups excluding carboxylic acids is 1. The van der Waals surface area contributed by atoms with E-state index in [0.717, 1.165) is 35.9 Å². The van der Waals surface area contributed by atoms with Crippen LogP contribution in [-0.4, -0.2) is 66.6 Å². The molecule has 1 amide bonds. The number of piperidine rings is 1. The summed E-state index contributed by atoms with van der Waals surface area (Å²) < 4.78 is 12.1. The van der Waals surface area contributed by atoms with E-state index in [1.165, 1.54) is 0 Å². The number of carbonyl (C=O) groups is 1. The van der Waals surface area contributed by atoms with Gasteiger partial charge in [0.15, 0.2) is 5.96 Å². The molecule has 0 saturated carbocycles. The summed E-state index contributed by atoms with van der Waals surface area (Å²) in [6.45, 7) is 4.15. The summed E-state index contributed by atoms with van der Waals surface area (Å²) in [6.07, 6.45) is 3.41. The van der Waals surface area contributed by atoms with Gasteiger partial charge in [-0.05, 0) is 50.1 Å². The number of methoxy groups -OCH3 is 1. The Kier molecular flexibility index (Phi) is 9.89. The first-order chi connectivity index (χ1) is 14.6. The average molecular weight is 542 g/mol. The summed E-state index contributed by atoms with van der Waals surface area (Å²) >= 11 is 0. The van der Waals surface area contributed by atoms with Crippen LogP contribution >= 0.6 is 24.0 Å². The first-order valence-corrected chi connectivity index (χ1v) is 10.2. The Balaban J connectivity index is 0.00000341. The molecule has 1 aromatic carbocycles. The highest BCUT2D eigenvalue weighted by atomic mass is 127. The molecule has 3 rings (SSSR count). The largest absolute Gasteiger partial charge is 0.497 e. The van der Waals surface area contributed by atoms with Crippen molar-refractivity contribution in [1.82, 2.24) is 25.3 Å². The zero-order valence-corrected chi connectivity index (χ0v) is 20.5. The summed E-state index contributed by atoms with van der Waals surface area (Å²) in [6, 6.07) is 9.99. The molecule has 2 aromatic rings. The Bertz CT molecular complexity index is 847. The van der Waals surface area contributed by atoms with E-state index in [9.17, 15) is 4.79 Å². The van der Waals surface area contributed by atoms with Gasteiger partial charge in [0.1, 0.15) is 5.75 Å². The maximum atomic E-state index is 11.8. The molecule has 0 aliphatic carbocycles. The van der Waals surface area contributed by atoms with Crippen LogP contribution in [0.5, 0.6) is 5.75 Å². The number of nitrogens with zero attached hydrogens (tertiary/aromatic N) is 4. The third-order valence-corrected chi connectivity index (χ3v) is 5.00. The lowest BCUT2D eigenvalue weighted by atomic mass is 10.1. The molecule has 10 heteroatoms. The van der Waals surface area contributed by atoms with Crippen molar-refractivity contribution in [3.05, 3.63) is 42.2 Å². The number of hydrogen-bond donors (Lipinski definition) is 2. The minimum atomic E-state index is -0.231. The quantitative estimate of drug-likeness (QED) is 0.332. The molecule has 31 heavy (non-hydrogen) atoms. The number of rotatable bonds is 6. The molecule has 0 spiro atoms. The normalized spacial score (nSPS) is 14.5. The number of likely N-dealkylation sites (tertiary alicyclic amines) is 1. The Hall–Kier alpha value is -2.50. The van der Waals surface area contributed by atoms with Gasteiger partial charge in [-0.25, -0.2) is 9.48 Å². The third kappa shape index (κ3) is 7.01. The molecule has 1 aromatic heterocycles. The monoisotopic (exact) mass is 542 g/mol. The van der Waals surface area contributed by atoms with Gasteiger partial charge < -0.3 is 25.0 Å². The first-order valence-electron chi connectivity index (χ1n) is 10.2. The Morgan fingerprint density at radius 1 is 1.23 bits per heavy atom. The van der Waals surface area contributed by atoms with E-state index in [1.807, 2.05) is 48.1 Å². The number of nitrogens with one attached hydrogen (secondary N) is 2. The number of amides is 1. The number of aliphatic imine (C=N–C) groups is 1. The highest BCUT2D eigenvalue weighted by Gasteiger charge is 2.24. The second-order valence-electron chi connectivity index (χ2n) is 6.98. The lowest BCUT2D eigenvalue weighted by Crippen LogP contribution is -2.49. The van der Waals surface area contributed by atoms with Gasteiger partial charge in [0, 0.05) is 32.4 Å². The maximum Gasteiger partial charge on any atom is 0.409 e. The summed E-state index contributed by atoms with van der Waals surface area (Å²) in [5.41, 5.74) is 1.88. The molecular formula is C21H31IN6O3. The van der Waals surface area contributed by atoms with Crippen LogP contribution in [0.1, 0.15) is 25.5 Å². The van der Waals surface area contributed by atoms with Gasteiger partial charge in [-0.15, -0.1) is 24.0 Å². The highest BCUT2D eigenvalue weighted by Crippen LogP contribution is 2.15. The van der Waals surface area contributed by atoms with Crippen molar-refractivity contribution < 1.29 is 14.3 Å². The van der Waals surface area contributed by atoms with Crippen molar-refractivity contribution in [3.8, 4) is 11.4 Å². The molecule has 1 aliphatic rings. The lowest BCUT2D eigenvalue weighted by Gasteiger charge is -2.32. The van der Waals surface area contributed by atoms with Crippen LogP contribution in [0.15, 0.2) is 41.5 Å². The van der Waals surface area contributed by atoms with Gasteiger partial charge in [0.05, 0.1) is 31.6 Å². The SMILES string of the molecule is CCOC(=O)N1CCC(NC(=NC)NCc2ccn(-c3ccc(OC)cc3)n2)CC1.I. The maximum absolute atomic E-state index is 11.8. The van der Waals surface area contributed by atoms with E-state index in [-0.39, 0.29) is 36.1 Å². The fourth-order valence-corrected chi connectivity index (χ4v) is 3.32. The minimum Gasteiger partial charge on any atom is -0.497 e. The van der Waals surface area contributed by atoms with E-state index in [2.05, 4.69) is 20.7 Å². The fourth-order valence-electron chi connectivity index (χ4n) is 3.32. The third-order valence-electron chi connectivity index (χ3n) is 5.00. The predicted octanol–water partition coefficient (Wildman–Crippen LogP) is 2.78. The molecule has 0 atom stereocenters. The Labute approximate surface area is 200 Å². The van der Waals surface area contributed by atoms with Crippen molar-refractivity contribution in [2.45, 2.75) is 32.4 Å². The summed E-state index contributed by atoms with van der Waals surface area (Å²) in [7, 11) is 3.40. The standard InChI is InChI=1S/C21H30N6O3.HI/c1-4-30-21(28)26-12-9-16(10-13-26)24-20(22-2)23-15-17-11-14-27(25-17)18-5-7-19(29-3)8-6-18;/h5-8,11,14,16H,4,9-10,12-13,15H2,1-3H3,(H2,22,23,24);1H. The van der Waals surface area contributed by atoms with Crippen molar-refractivity contribution in [1.29, 1.82) is 0 Å². The molecule has 2 N–H and O–H groups in total. The van der Waals surface area contributed by atoms with Crippen LogP contribution in [0, 0.1) is 0 Å². The van der Waals surface area contributed by atoms with Gasteiger partial charge in [-0.3, -0.25) is 4.99 Å². The number of halogens is 1. The summed E-state index contributed by atoms with van der Waals surface area (Å²) in [5, 5.41) is 11.3. The highest BCUT2D eigenvalue weighted by molar-refractivity contribution is 14.0. The average Bonchev–Trinajstić information content (AvgIpc) is 3.26. The van der Waals surface area contributed by atoms with Crippen LogP contribution in [-0.2, 0) is 11.3 Å². The van der Waals surface area contributed by atoms with Crippen molar-refractivity contribution in [2.75, 3.05) is 33.9 Å². The van der Waals surface area contributed by atoms with Gasteiger partial charge in [-0.1, -0.05) is 0 Å². The molecular weight excluding hydrogens is 511 g/mol. The zero-order chi connectivity index (χ0) is 21.3. The number of benzene rings is 1. The van der Waals surface area contributed by atoms with Crippen molar-refractivity contribution in [3.63, 3.8) is 0 Å². The second kappa shape index (κ2) is 12.4. The van der Waals surface area contributed by atoms with Gasteiger partial charge in [0.2, 0.25) is 0 Å². The number of ether oxygens (including phenoxy) is 2. The van der Waals surface area contributed by atoms with E-state index in [4.69, 9.17) is 9.47 Å². The topological polar surface area (TPSA) is 93.0 Å². The smallest absolute Gasteiger partial charge is 0.409 e. The van der Waals surface area contributed by atoms with Gasteiger partial charge in [0.25, 0.3) is 0 Å². The first kappa shape index (κ1) is 24.8. The Morgan fingerprint density at radius 3 is 2.55 bits per heavy atom. The van der Waals surface area contributed by atoms with E-state index in [0.29, 0.717) is 26.2 Å². The van der Waals surface area contributed by atoms with Gasteiger partial charge in [-0.2, -0.15) is 5.10 Å². The zero-order valence-electron chi connectivity index (χ0n) is 18.2. The lowest BCUT2D eigenvalue weighted by molar-refractivity contribution is 0.0963. The predicted molar refractivity (Wildman–Crippen MR) is 130 cm³/mol. The summed E-state index contributed by atoms with van der Waals surface area (Å²) in [5.74, 6) is 1.54. The number of hydrogen-bond acceptors (Lipinski definition) is 5. The molecule has 1 fully saturated rings. The van der Waals surface area contributed by atoms with Crippen molar-refractivity contribution in [2.24, 2.45) is 4.99 Å². The fraction of sp³-hybridized carbons (Fsp3) is 0.476. The number of guanidine groups is 1. The van der Waals surface area contributed by atoms with Gasteiger partial charge >= 0.3 is 6.09 Å². The van der Waals surface area contributed by atoms with Crippen LogP contribution < -0.4 is 15.4 Å². The molecule has 0 unspecified atom stereocenters. The molecule has 0 bridgehead atoms. The van der Waals surface area contributed by atoms with E-state index >= 15 is 0 Å². The van der Waals surface area contributed by atoms with E-state index in [1.54, 1.807) is 19.1 Å². The van der Waals surface area contributed by atoms with Crippen LogP contribution in [0.3, 0.4) is 0 Å². The Morgan fingerprint density at radius 2 is 1.94 bits per heavy atom. The minimum absolute atomic E-state index is 0. The molecule has 1 aliphatic heterocycles.